The van der Waals surface area contributed by atoms with Gasteiger partial charge in [-0.05, 0) is 61.4 Å². The molecule has 4 heterocycles. The molecule has 9 nitrogen and oxygen atoms in total. The number of ether oxygens (including phenoxy) is 3. The number of hydrogen-bond acceptors (Lipinski definition) is 7. The van der Waals surface area contributed by atoms with Crippen LogP contribution in [0.25, 0.3) is 5.69 Å². The van der Waals surface area contributed by atoms with Crippen LogP contribution >= 0.6 is 0 Å². The van der Waals surface area contributed by atoms with Gasteiger partial charge in [-0.15, -0.1) is 0 Å². The topological polar surface area (TPSA) is 86.1 Å². The van der Waals surface area contributed by atoms with E-state index in [9.17, 15) is 9.59 Å². The molecule has 0 bridgehead atoms. The molecule has 3 aliphatic rings. The summed E-state index contributed by atoms with van der Waals surface area (Å²) in [5.74, 6) is 0.502. The maximum absolute atomic E-state index is 12.7. The predicted octanol–water partition coefficient (Wildman–Crippen LogP) is 2.91. The molecular formula is C27H28N4O5. The number of fused-ring (bicyclic) bond motifs is 2. The number of carbonyl (C=O) groups is 2. The number of rotatable bonds is 5. The van der Waals surface area contributed by atoms with E-state index < -0.39 is 0 Å². The number of aromatic nitrogens is 2. The maximum atomic E-state index is 12.7. The number of morpholine rings is 1. The van der Waals surface area contributed by atoms with Crippen LogP contribution < -0.4 is 14.5 Å². The summed E-state index contributed by atoms with van der Waals surface area (Å²) in [6.07, 6.45) is 1.54. The van der Waals surface area contributed by atoms with Gasteiger partial charge in [0.1, 0.15) is 12.4 Å². The molecule has 1 saturated heterocycles. The van der Waals surface area contributed by atoms with Crippen LogP contribution in [-0.4, -0.2) is 61.2 Å². The van der Waals surface area contributed by atoms with Gasteiger partial charge in [0.15, 0.2) is 5.69 Å². The summed E-state index contributed by atoms with van der Waals surface area (Å²) in [4.78, 5) is 29.0. The van der Waals surface area contributed by atoms with Gasteiger partial charge in [-0.25, -0.2) is 9.48 Å². The minimum atomic E-state index is -0.384. The minimum Gasteiger partial charge on any atom is -0.493 e. The molecule has 36 heavy (non-hydrogen) atoms. The fourth-order valence-electron chi connectivity index (χ4n) is 5.15. The van der Waals surface area contributed by atoms with Crippen molar-refractivity contribution in [3.8, 4) is 11.4 Å². The summed E-state index contributed by atoms with van der Waals surface area (Å²) in [6, 6.07) is 14.1. The molecule has 9 heteroatoms. The normalized spacial score (nSPS) is 17.0. The number of esters is 1. The molecule has 186 valence electrons. The third kappa shape index (κ3) is 3.99. The minimum absolute atomic E-state index is 0.0215. The Morgan fingerprint density at radius 1 is 1.03 bits per heavy atom. The molecule has 0 radical (unpaired) electrons. The molecule has 0 aliphatic carbocycles. The van der Waals surface area contributed by atoms with Crippen LogP contribution in [0.5, 0.6) is 5.75 Å². The van der Waals surface area contributed by atoms with E-state index in [-0.39, 0.29) is 18.5 Å². The standard InChI is InChI=1S/C27H28N4O5/c1-2-35-27(33)26-22-9-11-29(19-3-5-20(6-4-19)30-12-14-34-17-25(30)32)16-23(22)31(28-26)21-7-8-24-18(15-21)10-13-36-24/h3-8,15H,2,9-14,16-17H2,1H3. The Kier molecular flexibility index (Phi) is 5.85. The molecule has 1 amide bonds. The largest absolute Gasteiger partial charge is 0.493 e. The van der Waals surface area contributed by atoms with Crippen molar-refractivity contribution >= 4 is 23.3 Å². The van der Waals surface area contributed by atoms with E-state index >= 15 is 0 Å². The van der Waals surface area contributed by atoms with Crippen molar-refractivity contribution in [2.75, 3.05) is 49.3 Å². The highest BCUT2D eigenvalue weighted by molar-refractivity contribution is 5.95. The first-order valence-electron chi connectivity index (χ1n) is 12.4. The number of amides is 1. The lowest BCUT2D eigenvalue weighted by Gasteiger charge is -2.31. The van der Waals surface area contributed by atoms with Crippen molar-refractivity contribution in [3.63, 3.8) is 0 Å². The molecule has 0 saturated carbocycles. The molecule has 6 rings (SSSR count). The average molecular weight is 489 g/mol. The monoisotopic (exact) mass is 488 g/mol. The molecular weight excluding hydrogens is 460 g/mol. The maximum Gasteiger partial charge on any atom is 0.359 e. The highest BCUT2D eigenvalue weighted by atomic mass is 16.5. The van der Waals surface area contributed by atoms with Crippen LogP contribution in [0, 0.1) is 0 Å². The van der Waals surface area contributed by atoms with Crippen LogP contribution in [0.1, 0.15) is 34.2 Å². The predicted molar refractivity (Wildman–Crippen MR) is 133 cm³/mol. The second-order valence-electron chi connectivity index (χ2n) is 9.08. The van der Waals surface area contributed by atoms with Gasteiger partial charge in [-0.1, -0.05) is 0 Å². The molecule has 1 fully saturated rings. The second kappa shape index (κ2) is 9.31. The van der Waals surface area contributed by atoms with E-state index in [0.717, 1.165) is 52.6 Å². The summed E-state index contributed by atoms with van der Waals surface area (Å²) in [6.45, 7) is 5.38. The summed E-state index contributed by atoms with van der Waals surface area (Å²) in [7, 11) is 0. The molecule has 0 N–H and O–H groups in total. The lowest BCUT2D eigenvalue weighted by molar-refractivity contribution is -0.125. The smallest absolute Gasteiger partial charge is 0.359 e. The van der Waals surface area contributed by atoms with Crippen molar-refractivity contribution in [2.45, 2.75) is 26.3 Å². The Labute approximate surface area is 209 Å². The van der Waals surface area contributed by atoms with Crippen LogP contribution in [0.4, 0.5) is 11.4 Å². The van der Waals surface area contributed by atoms with Crippen molar-refractivity contribution in [2.24, 2.45) is 0 Å². The Bertz CT molecular complexity index is 1320. The van der Waals surface area contributed by atoms with Crippen molar-refractivity contribution in [1.29, 1.82) is 0 Å². The van der Waals surface area contributed by atoms with Crippen LogP contribution in [-0.2, 0) is 33.7 Å². The molecule has 2 aromatic carbocycles. The third-order valence-electron chi connectivity index (χ3n) is 6.96. The van der Waals surface area contributed by atoms with Crippen molar-refractivity contribution < 1.29 is 23.8 Å². The fourth-order valence-corrected chi connectivity index (χ4v) is 5.15. The summed E-state index contributed by atoms with van der Waals surface area (Å²) in [5, 5.41) is 4.74. The summed E-state index contributed by atoms with van der Waals surface area (Å²) in [5.41, 5.74) is 6.30. The Hall–Kier alpha value is -3.85. The molecule has 3 aromatic rings. The number of hydrogen-bond donors (Lipinski definition) is 0. The van der Waals surface area contributed by atoms with Gasteiger partial charge in [0, 0.05) is 36.4 Å². The Morgan fingerprint density at radius 3 is 2.64 bits per heavy atom. The van der Waals surface area contributed by atoms with Gasteiger partial charge in [0.2, 0.25) is 0 Å². The van der Waals surface area contributed by atoms with E-state index in [1.807, 2.05) is 41.1 Å². The van der Waals surface area contributed by atoms with Gasteiger partial charge in [-0.2, -0.15) is 5.10 Å². The summed E-state index contributed by atoms with van der Waals surface area (Å²) < 4.78 is 18.1. The van der Waals surface area contributed by atoms with Crippen molar-refractivity contribution in [1.82, 2.24) is 9.78 Å². The highest BCUT2D eigenvalue weighted by Crippen LogP contribution is 2.32. The Morgan fingerprint density at radius 2 is 1.83 bits per heavy atom. The highest BCUT2D eigenvalue weighted by Gasteiger charge is 2.30. The van der Waals surface area contributed by atoms with E-state index in [0.29, 0.717) is 45.0 Å². The lowest BCUT2D eigenvalue weighted by atomic mass is 10.0. The lowest BCUT2D eigenvalue weighted by Crippen LogP contribution is -2.41. The molecule has 1 aromatic heterocycles. The van der Waals surface area contributed by atoms with Gasteiger partial charge >= 0.3 is 5.97 Å². The average Bonchev–Trinajstić information content (AvgIpc) is 3.53. The molecule has 0 unspecified atom stereocenters. The van der Waals surface area contributed by atoms with Crippen LogP contribution in [0.15, 0.2) is 42.5 Å². The fraction of sp³-hybridized carbons (Fsp3) is 0.370. The molecule has 0 atom stereocenters. The van der Waals surface area contributed by atoms with Gasteiger partial charge in [0.25, 0.3) is 5.91 Å². The van der Waals surface area contributed by atoms with Crippen LogP contribution in [0.3, 0.4) is 0 Å². The zero-order valence-electron chi connectivity index (χ0n) is 20.2. The van der Waals surface area contributed by atoms with E-state index in [1.165, 1.54) is 0 Å². The molecule has 0 spiro atoms. The van der Waals surface area contributed by atoms with Gasteiger partial charge in [-0.3, -0.25) is 4.79 Å². The number of nitrogens with zero attached hydrogens (tertiary/aromatic N) is 4. The first-order valence-corrected chi connectivity index (χ1v) is 12.4. The SMILES string of the molecule is CCOC(=O)c1nn(-c2ccc3c(c2)CCO3)c2c1CCN(c1ccc(N3CCOCC3=O)cc1)C2. The number of carbonyl (C=O) groups excluding carboxylic acids is 2. The molecule has 3 aliphatic heterocycles. The van der Waals surface area contributed by atoms with E-state index in [2.05, 4.69) is 11.0 Å². The van der Waals surface area contributed by atoms with E-state index in [4.69, 9.17) is 19.3 Å². The summed E-state index contributed by atoms with van der Waals surface area (Å²) >= 11 is 0. The van der Waals surface area contributed by atoms with Crippen molar-refractivity contribution in [3.05, 3.63) is 65.0 Å². The third-order valence-corrected chi connectivity index (χ3v) is 6.96. The van der Waals surface area contributed by atoms with Gasteiger partial charge < -0.3 is 24.0 Å². The second-order valence-corrected chi connectivity index (χ2v) is 9.08. The van der Waals surface area contributed by atoms with Crippen LogP contribution in [0.2, 0.25) is 0 Å². The van der Waals surface area contributed by atoms with Gasteiger partial charge in [0.05, 0.1) is 37.7 Å². The Balaban J connectivity index is 1.32. The quantitative estimate of drug-likeness (QED) is 0.511. The first-order chi connectivity index (χ1) is 17.6. The first kappa shape index (κ1) is 22.6. The number of benzene rings is 2. The zero-order chi connectivity index (χ0) is 24.6. The van der Waals surface area contributed by atoms with E-state index in [1.54, 1.807) is 11.8 Å². The zero-order valence-corrected chi connectivity index (χ0v) is 20.2. The number of anilines is 2.